The molecule has 3 heteroatoms. The van der Waals surface area contributed by atoms with Gasteiger partial charge in [-0.3, -0.25) is 0 Å². The van der Waals surface area contributed by atoms with Crippen LogP contribution in [0.1, 0.15) is 6.42 Å². The summed E-state index contributed by atoms with van der Waals surface area (Å²) < 4.78 is 0. The van der Waals surface area contributed by atoms with E-state index in [1.807, 2.05) is 0 Å². The van der Waals surface area contributed by atoms with Crippen molar-refractivity contribution in [1.82, 2.24) is 0 Å². The van der Waals surface area contributed by atoms with Gasteiger partial charge in [-0.05, 0) is 0 Å². The third-order valence-corrected chi connectivity index (χ3v) is 0.311. The topological polar surface area (TPSA) is 40.1 Å². The van der Waals surface area contributed by atoms with E-state index in [2.05, 4.69) is 6.58 Å². The number of hydrogen-bond acceptors (Lipinski definition) is 2. The molecule has 0 heterocycles. The first-order valence-corrected chi connectivity index (χ1v) is 1.58. The molecule has 34 valence electrons. The third-order valence-electron chi connectivity index (χ3n) is 0.311. The van der Waals surface area contributed by atoms with Gasteiger partial charge in [0, 0.05) is 12.4 Å². The van der Waals surface area contributed by atoms with Gasteiger partial charge >= 0.3 is 51.4 Å². The second kappa shape index (κ2) is 6.85. The molecule has 0 aliphatic carbocycles. The number of carboxylic acid groups (broad SMARTS) is 1. The van der Waals surface area contributed by atoms with Crippen LogP contribution in [-0.2, 0) is 4.79 Å². The maximum absolute atomic E-state index is 9.42. The summed E-state index contributed by atoms with van der Waals surface area (Å²) in [6.07, 6.45) is 1.23. The molecule has 2 nitrogen and oxygen atoms in total. The minimum Gasteiger partial charge on any atom is -0.550 e. The smallest absolute Gasteiger partial charge is 0.550 e. The Balaban J connectivity index is 0. The molecule has 0 fully saturated rings. The van der Waals surface area contributed by atoms with E-state index in [-0.39, 0.29) is 57.8 Å². The minimum atomic E-state index is -1.08. The number of rotatable bonds is 2. The molecule has 0 aromatic heterocycles. The molecule has 0 aliphatic heterocycles. The summed E-state index contributed by atoms with van der Waals surface area (Å²) in [7, 11) is 0. The molecule has 7 heavy (non-hydrogen) atoms. The minimum absolute atomic E-state index is 0. The van der Waals surface area contributed by atoms with Crippen LogP contribution < -0.4 is 56.5 Å². The molecule has 0 saturated heterocycles. The first kappa shape index (κ1) is 10.8. The monoisotopic (exact) mass is 124 g/mol. The quantitative estimate of drug-likeness (QED) is 0.281. The summed E-state index contributed by atoms with van der Waals surface area (Å²) in [5.74, 6) is -1.08. The molecule has 0 N–H and O–H groups in total. The normalized spacial score (nSPS) is 6.29. The van der Waals surface area contributed by atoms with Gasteiger partial charge in [-0.1, -0.05) is 6.08 Å². The Morgan fingerprint density at radius 1 is 1.86 bits per heavy atom. The van der Waals surface area contributed by atoms with Crippen LogP contribution in [0.4, 0.5) is 0 Å². The van der Waals surface area contributed by atoms with Crippen LogP contribution in [0, 0.1) is 0 Å². The first-order valence-electron chi connectivity index (χ1n) is 1.58. The van der Waals surface area contributed by atoms with Crippen LogP contribution in [0.15, 0.2) is 12.7 Å². The molecule has 0 aliphatic rings. The molecule has 0 rings (SSSR count). The SMILES string of the molecule is C=CCC(=O)[O-].[K+]. The van der Waals surface area contributed by atoms with Crippen LogP contribution >= 0.6 is 0 Å². The summed E-state index contributed by atoms with van der Waals surface area (Å²) in [6, 6.07) is 0. The van der Waals surface area contributed by atoms with Crippen LogP contribution in [0.25, 0.3) is 0 Å². The fourth-order valence-corrected chi connectivity index (χ4v) is 0.118. The van der Waals surface area contributed by atoms with Crippen molar-refractivity contribution >= 4 is 5.97 Å². The van der Waals surface area contributed by atoms with Crippen LogP contribution in [0.5, 0.6) is 0 Å². The van der Waals surface area contributed by atoms with Crippen molar-refractivity contribution in [2.75, 3.05) is 0 Å². The number of hydrogen-bond donors (Lipinski definition) is 0. The standard InChI is InChI=1S/C4H6O2.K/c1-2-3-4(5)6;/h2H,1,3H2,(H,5,6);/q;+1/p-1. The fraction of sp³-hybridized carbons (Fsp3) is 0.250. The average Bonchev–Trinajstić information content (AvgIpc) is 1.35. The zero-order chi connectivity index (χ0) is 4.99. The molecule has 0 unspecified atom stereocenters. The number of carboxylic acids is 1. The zero-order valence-electron chi connectivity index (χ0n) is 4.31. The van der Waals surface area contributed by atoms with Gasteiger partial charge in [0.25, 0.3) is 0 Å². The van der Waals surface area contributed by atoms with E-state index in [0.29, 0.717) is 0 Å². The third kappa shape index (κ3) is 10.9. The molecule has 0 radical (unpaired) electrons. The van der Waals surface area contributed by atoms with Crippen molar-refractivity contribution in [3.63, 3.8) is 0 Å². The van der Waals surface area contributed by atoms with Gasteiger partial charge < -0.3 is 9.90 Å². The van der Waals surface area contributed by atoms with E-state index in [4.69, 9.17) is 0 Å². The van der Waals surface area contributed by atoms with E-state index in [1.165, 1.54) is 6.08 Å². The zero-order valence-corrected chi connectivity index (χ0v) is 7.43. The van der Waals surface area contributed by atoms with Gasteiger partial charge in [-0.2, -0.15) is 0 Å². The summed E-state index contributed by atoms with van der Waals surface area (Å²) in [6.45, 7) is 3.18. The van der Waals surface area contributed by atoms with Gasteiger partial charge in [0.2, 0.25) is 0 Å². The molecule has 0 bridgehead atoms. The fourth-order valence-electron chi connectivity index (χ4n) is 0.118. The van der Waals surface area contributed by atoms with Crippen molar-refractivity contribution in [3.05, 3.63) is 12.7 Å². The first-order chi connectivity index (χ1) is 2.77. The van der Waals surface area contributed by atoms with Crippen LogP contribution in [-0.4, -0.2) is 5.97 Å². The number of carbonyl (C=O) groups is 1. The maximum atomic E-state index is 9.42. The van der Waals surface area contributed by atoms with Crippen molar-refractivity contribution < 1.29 is 61.3 Å². The van der Waals surface area contributed by atoms with Crippen molar-refractivity contribution in [1.29, 1.82) is 0 Å². The Kier molecular flexibility index (Phi) is 10.5. The van der Waals surface area contributed by atoms with Gasteiger partial charge in [0.05, 0.1) is 0 Å². The van der Waals surface area contributed by atoms with Gasteiger partial charge in [-0.25, -0.2) is 0 Å². The second-order valence-corrected chi connectivity index (χ2v) is 0.865. The van der Waals surface area contributed by atoms with Crippen LogP contribution in [0.2, 0.25) is 0 Å². The Bertz CT molecular complexity index is 70.1. The number of carbonyl (C=O) groups excluding carboxylic acids is 1. The van der Waals surface area contributed by atoms with E-state index in [0.717, 1.165) is 0 Å². The number of aliphatic carboxylic acids is 1. The second-order valence-electron chi connectivity index (χ2n) is 0.865. The Morgan fingerprint density at radius 3 is 2.29 bits per heavy atom. The van der Waals surface area contributed by atoms with E-state index in [9.17, 15) is 9.90 Å². The molecular formula is C4H5KO2. The molecule has 0 aromatic rings. The van der Waals surface area contributed by atoms with Gasteiger partial charge in [0.1, 0.15) is 0 Å². The molecule has 0 spiro atoms. The van der Waals surface area contributed by atoms with Crippen molar-refractivity contribution in [3.8, 4) is 0 Å². The van der Waals surface area contributed by atoms with Crippen molar-refractivity contribution in [2.45, 2.75) is 6.42 Å². The summed E-state index contributed by atoms with van der Waals surface area (Å²) in [5, 5.41) is 9.42. The van der Waals surface area contributed by atoms with E-state index in [1.54, 1.807) is 0 Å². The summed E-state index contributed by atoms with van der Waals surface area (Å²) in [4.78, 5) is 9.42. The Hall–Kier alpha value is 0.846. The molecule has 0 atom stereocenters. The largest absolute Gasteiger partial charge is 1.00 e. The van der Waals surface area contributed by atoms with Gasteiger partial charge in [-0.15, -0.1) is 6.58 Å². The van der Waals surface area contributed by atoms with Crippen LogP contribution in [0.3, 0.4) is 0 Å². The molecular weight excluding hydrogens is 119 g/mol. The molecule has 0 amide bonds. The van der Waals surface area contributed by atoms with Crippen molar-refractivity contribution in [2.24, 2.45) is 0 Å². The molecule has 0 saturated carbocycles. The summed E-state index contributed by atoms with van der Waals surface area (Å²) >= 11 is 0. The van der Waals surface area contributed by atoms with E-state index < -0.39 is 5.97 Å². The average molecular weight is 124 g/mol. The maximum Gasteiger partial charge on any atom is 1.00 e. The predicted molar refractivity (Wildman–Crippen MR) is 19.8 cm³/mol. The predicted octanol–water partition coefficient (Wildman–Crippen LogP) is -3.68. The van der Waals surface area contributed by atoms with E-state index >= 15 is 0 Å². The molecule has 0 aromatic carbocycles. The Morgan fingerprint density at radius 2 is 2.29 bits per heavy atom. The van der Waals surface area contributed by atoms with Gasteiger partial charge in [0.15, 0.2) is 0 Å². The Labute approximate surface area is 85.0 Å². The summed E-state index contributed by atoms with van der Waals surface area (Å²) in [5.41, 5.74) is 0.